The van der Waals surface area contributed by atoms with Gasteiger partial charge in [0.15, 0.2) is 0 Å². The standard InChI is InChI=1S/C19H22N2O2/c22-18(20-12-6-1-2-7-13-20)17-11-8-14-21(19(17)23)15-16-9-4-3-5-10-16/h3-5,8-11,14H,1-2,6-7,12-13,15H2. The number of aromatic nitrogens is 1. The molecule has 0 bridgehead atoms. The number of carbonyl (C=O) groups is 1. The third-order valence-electron chi connectivity index (χ3n) is 4.34. The lowest BCUT2D eigenvalue weighted by atomic mass is 10.2. The van der Waals surface area contributed by atoms with E-state index in [-0.39, 0.29) is 17.0 Å². The minimum absolute atomic E-state index is 0.126. The van der Waals surface area contributed by atoms with Crippen LogP contribution in [0.15, 0.2) is 53.5 Å². The van der Waals surface area contributed by atoms with Crippen LogP contribution in [0.4, 0.5) is 0 Å². The number of likely N-dealkylation sites (tertiary alicyclic amines) is 1. The van der Waals surface area contributed by atoms with Crippen LogP contribution in [0.1, 0.15) is 41.6 Å². The number of hydrogen-bond donors (Lipinski definition) is 0. The van der Waals surface area contributed by atoms with Crippen molar-refractivity contribution in [2.75, 3.05) is 13.1 Å². The van der Waals surface area contributed by atoms with Gasteiger partial charge in [0.05, 0.1) is 6.54 Å². The van der Waals surface area contributed by atoms with Gasteiger partial charge in [-0.15, -0.1) is 0 Å². The Kier molecular flexibility index (Phi) is 4.91. The van der Waals surface area contributed by atoms with Crippen LogP contribution in [0.3, 0.4) is 0 Å². The van der Waals surface area contributed by atoms with Crippen LogP contribution in [0, 0.1) is 0 Å². The second kappa shape index (κ2) is 7.27. The van der Waals surface area contributed by atoms with Crippen LogP contribution in [0.2, 0.25) is 0 Å². The monoisotopic (exact) mass is 310 g/mol. The highest BCUT2D eigenvalue weighted by atomic mass is 16.2. The highest BCUT2D eigenvalue weighted by Gasteiger charge is 2.20. The Labute approximate surface area is 136 Å². The predicted molar refractivity (Wildman–Crippen MR) is 90.6 cm³/mol. The number of rotatable bonds is 3. The zero-order valence-electron chi connectivity index (χ0n) is 13.3. The molecule has 0 unspecified atom stereocenters. The van der Waals surface area contributed by atoms with E-state index in [4.69, 9.17) is 0 Å². The molecule has 0 N–H and O–H groups in total. The number of benzene rings is 1. The van der Waals surface area contributed by atoms with E-state index < -0.39 is 0 Å². The molecule has 23 heavy (non-hydrogen) atoms. The summed E-state index contributed by atoms with van der Waals surface area (Å²) in [5.41, 5.74) is 1.13. The van der Waals surface area contributed by atoms with Crippen LogP contribution in [-0.2, 0) is 6.54 Å². The summed E-state index contributed by atoms with van der Waals surface area (Å²) in [6.07, 6.45) is 6.12. The Morgan fingerprint density at radius 2 is 1.61 bits per heavy atom. The van der Waals surface area contributed by atoms with E-state index in [2.05, 4.69) is 0 Å². The minimum Gasteiger partial charge on any atom is -0.338 e. The van der Waals surface area contributed by atoms with Crippen molar-refractivity contribution in [3.63, 3.8) is 0 Å². The molecule has 2 aromatic rings. The van der Waals surface area contributed by atoms with Crippen molar-refractivity contribution in [3.8, 4) is 0 Å². The summed E-state index contributed by atoms with van der Waals surface area (Å²) in [7, 11) is 0. The van der Waals surface area contributed by atoms with Crippen LogP contribution in [-0.4, -0.2) is 28.5 Å². The van der Waals surface area contributed by atoms with Gasteiger partial charge >= 0.3 is 0 Å². The van der Waals surface area contributed by atoms with Crippen LogP contribution < -0.4 is 5.56 Å². The maximum Gasteiger partial charge on any atom is 0.263 e. The average molecular weight is 310 g/mol. The van der Waals surface area contributed by atoms with Gasteiger partial charge in [-0.3, -0.25) is 9.59 Å². The van der Waals surface area contributed by atoms with E-state index in [1.54, 1.807) is 22.9 Å². The lowest BCUT2D eigenvalue weighted by molar-refractivity contribution is 0.0759. The molecular formula is C19H22N2O2. The molecule has 2 heterocycles. The van der Waals surface area contributed by atoms with Crippen LogP contribution >= 0.6 is 0 Å². The molecule has 0 atom stereocenters. The van der Waals surface area contributed by atoms with E-state index in [9.17, 15) is 9.59 Å². The lowest BCUT2D eigenvalue weighted by Gasteiger charge is -2.20. The minimum atomic E-state index is -0.203. The molecule has 1 amide bonds. The third kappa shape index (κ3) is 3.70. The summed E-state index contributed by atoms with van der Waals surface area (Å²) >= 11 is 0. The van der Waals surface area contributed by atoms with Gasteiger partial charge in [0.2, 0.25) is 0 Å². The zero-order chi connectivity index (χ0) is 16.1. The largest absolute Gasteiger partial charge is 0.338 e. The fourth-order valence-corrected chi connectivity index (χ4v) is 3.05. The first-order chi connectivity index (χ1) is 11.3. The van der Waals surface area contributed by atoms with Gasteiger partial charge in [-0.05, 0) is 30.5 Å². The fraction of sp³-hybridized carbons (Fsp3) is 0.368. The molecular weight excluding hydrogens is 288 g/mol. The number of carbonyl (C=O) groups excluding carboxylic acids is 1. The Bertz CT molecular complexity index is 714. The van der Waals surface area contributed by atoms with Gasteiger partial charge in [0, 0.05) is 19.3 Å². The first-order valence-corrected chi connectivity index (χ1v) is 8.28. The molecule has 1 aromatic carbocycles. The predicted octanol–water partition coefficient (Wildman–Crippen LogP) is 2.91. The smallest absolute Gasteiger partial charge is 0.263 e. The van der Waals surface area contributed by atoms with E-state index in [0.29, 0.717) is 6.54 Å². The van der Waals surface area contributed by atoms with Crippen molar-refractivity contribution < 1.29 is 4.79 Å². The van der Waals surface area contributed by atoms with E-state index in [1.165, 1.54) is 0 Å². The van der Waals surface area contributed by atoms with Gasteiger partial charge in [-0.25, -0.2) is 0 Å². The van der Waals surface area contributed by atoms with Crippen LogP contribution in [0.25, 0.3) is 0 Å². The van der Waals surface area contributed by atoms with Gasteiger partial charge in [-0.2, -0.15) is 0 Å². The van der Waals surface area contributed by atoms with Crippen molar-refractivity contribution >= 4 is 5.91 Å². The number of pyridine rings is 1. The second-order valence-electron chi connectivity index (χ2n) is 6.05. The molecule has 0 radical (unpaired) electrons. The topological polar surface area (TPSA) is 42.3 Å². The first-order valence-electron chi connectivity index (χ1n) is 8.28. The summed E-state index contributed by atoms with van der Waals surface area (Å²) in [4.78, 5) is 27.2. The number of hydrogen-bond acceptors (Lipinski definition) is 2. The Morgan fingerprint density at radius 3 is 2.30 bits per heavy atom. The summed E-state index contributed by atoms with van der Waals surface area (Å²) in [6.45, 7) is 2.00. The molecule has 4 heteroatoms. The molecule has 4 nitrogen and oxygen atoms in total. The molecule has 0 spiro atoms. The quantitative estimate of drug-likeness (QED) is 0.875. The molecule has 3 rings (SSSR count). The van der Waals surface area contributed by atoms with Gasteiger partial charge in [0.1, 0.15) is 5.56 Å². The van der Waals surface area contributed by atoms with Crippen molar-refractivity contribution in [1.29, 1.82) is 0 Å². The second-order valence-corrected chi connectivity index (χ2v) is 6.05. The Morgan fingerprint density at radius 1 is 0.913 bits per heavy atom. The van der Waals surface area contributed by atoms with Gasteiger partial charge < -0.3 is 9.47 Å². The fourth-order valence-electron chi connectivity index (χ4n) is 3.05. The molecule has 0 aliphatic carbocycles. The van der Waals surface area contributed by atoms with E-state index in [0.717, 1.165) is 44.3 Å². The summed E-state index contributed by atoms with van der Waals surface area (Å²) in [5.74, 6) is -0.126. The number of amides is 1. The first kappa shape index (κ1) is 15.5. The van der Waals surface area contributed by atoms with Gasteiger partial charge in [0.25, 0.3) is 11.5 Å². The summed E-state index contributed by atoms with van der Waals surface area (Å²) in [5, 5.41) is 0. The van der Waals surface area contributed by atoms with Crippen molar-refractivity contribution in [2.45, 2.75) is 32.2 Å². The normalized spacial score (nSPS) is 15.2. The molecule has 120 valence electrons. The average Bonchev–Trinajstić information content (AvgIpc) is 2.86. The third-order valence-corrected chi connectivity index (χ3v) is 4.34. The molecule has 1 fully saturated rings. The van der Waals surface area contributed by atoms with E-state index >= 15 is 0 Å². The summed E-state index contributed by atoms with van der Waals surface area (Å²) in [6, 6.07) is 13.3. The van der Waals surface area contributed by atoms with Gasteiger partial charge in [-0.1, -0.05) is 43.2 Å². The molecule has 0 saturated carbocycles. The molecule has 1 aliphatic heterocycles. The molecule has 1 aliphatic rings. The Balaban J connectivity index is 1.84. The van der Waals surface area contributed by atoms with E-state index in [1.807, 2.05) is 35.2 Å². The van der Waals surface area contributed by atoms with Crippen molar-refractivity contribution in [1.82, 2.24) is 9.47 Å². The Hall–Kier alpha value is -2.36. The van der Waals surface area contributed by atoms with Crippen LogP contribution in [0.5, 0.6) is 0 Å². The highest BCUT2D eigenvalue weighted by molar-refractivity contribution is 5.93. The molecule has 1 saturated heterocycles. The summed E-state index contributed by atoms with van der Waals surface area (Å²) < 4.78 is 1.61. The zero-order valence-corrected chi connectivity index (χ0v) is 13.3. The van der Waals surface area contributed by atoms with Crippen molar-refractivity contribution in [2.24, 2.45) is 0 Å². The maximum absolute atomic E-state index is 12.7. The maximum atomic E-state index is 12.7. The number of nitrogens with zero attached hydrogens (tertiary/aromatic N) is 2. The molecule has 1 aromatic heterocycles. The lowest BCUT2D eigenvalue weighted by Crippen LogP contribution is -2.37. The highest BCUT2D eigenvalue weighted by Crippen LogP contribution is 2.12. The van der Waals surface area contributed by atoms with Crippen molar-refractivity contribution in [3.05, 3.63) is 70.1 Å². The SMILES string of the molecule is O=C(c1cccn(Cc2ccccc2)c1=O)N1CCCCCC1.